The van der Waals surface area contributed by atoms with E-state index in [0.717, 1.165) is 0 Å². The number of hydrogen-bond acceptors (Lipinski definition) is 8. The lowest BCUT2D eigenvalue weighted by Crippen LogP contribution is -2.67. The average Bonchev–Trinajstić information content (AvgIpc) is 2.39. The predicted octanol–water partition coefficient (Wildman–Crippen LogP) is -0.437. The standard InChI is InChI=1S/C12H22O8/c1-5-17-9(13)11(15,19-7-3)12(16,20-8-4)10(14)18-6-2/h15-16H,5-8H2,1-4H3. The molecule has 0 aliphatic carbocycles. The van der Waals surface area contributed by atoms with E-state index < -0.39 is 23.5 Å². The molecule has 2 N–H and O–H groups in total. The molecule has 0 heterocycles. The summed E-state index contributed by atoms with van der Waals surface area (Å²) in [5, 5.41) is 20.6. The molecule has 20 heavy (non-hydrogen) atoms. The first-order valence-electron chi connectivity index (χ1n) is 6.41. The van der Waals surface area contributed by atoms with Gasteiger partial charge in [0, 0.05) is 13.2 Å². The van der Waals surface area contributed by atoms with E-state index in [1.807, 2.05) is 0 Å². The summed E-state index contributed by atoms with van der Waals surface area (Å²) in [7, 11) is 0. The van der Waals surface area contributed by atoms with Gasteiger partial charge >= 0.3 is 23.5 Å². The minimum absolute atomic E-state index is 0.0841. The molecule has 8 nitrogen and oxygen atoms in total. The normalized spacial score (nSPS) is 16.9. The fraction of sp³-hybridized carbons (Fsp3) is 0.833. The van der Waals surface area contributed by atoms with Gasteiger partial charge in [0.05, 0.1) is 13.2 Å². The van der Waals surface area contributed by atoms with Crippen LogP contribution in [0.2, 0.25) is 0 Å². The molecule has 0 fully saturated rings. The van der Waals surface area contributed by atoms with Gasteiger partial charge in [0.15, 0.2) is 0 Å². The van der Waals surface area contributed by atoms with Gasteiger partial charge in [0.1, 0.15) is 0 Å². The third-order valence-electron chi connectivity index (χ3n) is 2.27. The van der Waals surface area contributed by atoms with Gasteiger partial charge in [-0.25, -0.2) is 9.59 Å². The maximum atomic E-state index is 11.8. The van der Waals surface area contributed by atoms with Gasteiger partial charge in [-0.3, -0.25) is 0 Å². The minimum Gasteiger partial charge on any atom is -0.462 e. The number of carbonyl (C=O) groups is 2. The zero-order valence-electron chi connectivity index (χ0n) is 12.2. The lowest BCUT2D eigenvalue weighted by Gasteiger charge is -2.37. The molecule has 0 spiro atoms. The Kier molecular flexibility index (Phi) is 7.66. The van der Waals surface area contributed by atoms with Gasteiger partial charge in [-0.1, -0.05) is 0 Å². The SMILES string of the molecule is CCOC(=O)C(O)(OCC)C(O)(OCC)C(=O)OCC. The van der Waals surface area contributed by atoms with E-state index in [0.29, 0.717) is 0 Å². The maximum absolute atomic E-state index is 11.8. The van der Waals surface area contributed by atoms with E-state index >= 15 is 0 Å². The summed E-state index contributed by atoms with van der Waals surface area (Å²) < 4.78 is 18.9. The molecule has 0 saturated carbocycles. The highest BCUT2D eigenvalue weighted by atomic mass is 16.8. The average molecular weight is 294 g/mol. The fourth-order valence-electron chi connectivity index (χ4n) is 1.47. The Morgan fingerprint density at radius 3 is 1.25 bits per heavy atom. The van der Waals surface area contributed by atoms with Crippen LogP contribution in [0.4, 0.5) is 0 Å². The summed E-state index contributed by atoms with van der Waals surface area (Å²) >= 11 is 0. The molecule has 2 atom stereocenters. The van der Waals surface area contributed by atoms with E-state index in [1.54, 1.807) is 0 Å². The lowest BCUT2D eigenvalue weighted by atomic mass is 10.1. The number of carbonyl (C=O) groups excluding carboxylic acids is 2. The molecule has 0 aromatic carbocycles. The first-order chi connectivity index (χ1) is 9.33. The quantitative estimate of drug-likeness (QED) is 0.435. The zero-order valence-corrected chi connectivity index (χ0v) is 12.2. The second-order valence-electron chi connectivity index (χ2n) is 3.60. The van der Waals surface area contributed by atoms with Gasteiger partial charge in [-0.2, -0.15) is 0 Å². The molecule has 0 saturated heterocycles. The van der Waals surface area contributed by atoms with Crippen molar-refractivity contribution in [2.45, 2.75) is 39.3 Å². The summed E-state index contributed by atoms with van der Waals surface area (Å²) in [6, 6.07) is 0. The van der Waals surface area contributed by atoms with Crippen molar-refractivity contribution in [3.63, 3.8) is 0 Å². The highest BCUT2D eigenvalue weighted by Gasteiger charge is 2.65. The van der Waals surface area contributed by atoms with Gasteiger partial charge < -0.3 is 29.2 Å². The molecule has 0 aromatic rings. The monoisotopic (exact) mass is 294 g/mol. The zero-order chi connectivity index (χ0) is 15.8. The third-order valence-corrected chi connectivity index (χ3v) is 2.27. The van der Waals surface area contributed by atoms with Crippen LogP contribution in [0.15, 0.2) is 0 Å². The van der Waals surface area contributed by atoms with Crippen molar-refractivity contribution in [2.75, 3.05) is 26.4 Å². The largest absolute Gasteiger partial charge is 0.462 e. The number of hydrogen-bond donors (Lipinski definition) is 2. The number of rotatable bonds is 9. The van der Waals surface area contributed by atoms with Crippen molar-refractivity contribution < 1.29 is 38.7 Å². The molecule has 118 valence electrons. The maximum Gasteiger partial charge on any atom is 0.373 e. The molecule has 2 unspecified atom stereocenters. The van der Waals surface area contributed by atoms with E-state index in [2.05, 4.69) is 9.47 Å². The Morgan fingerprint density at radius 2 is 1.05 bits per heavy atom. The van der Waals surface area contributed by atoms with Crippen LogP contribution < -0.4 is 0 Å². The second kappa shape index (κ2) is 8.15. The van der Waals surface area contributed by atoms with Gasteiger partial charge in [-0.15, -0.1) is 0 Å². The smallest absolute Gasteiger partial charge is 0.373 e. The van der Waals surface area contributed by atoms with Crippen LogP contribution in [0.1, 0.15) is 27.7 Å². The molecule has 0 aliphatic rings. The Bertz CT molecular complexity index is 299. The van der Waals surface area contributed by atoms with Crippen molar-refractivity contribution in [2.24, 2.45) is 0 Å². The Hall–Kier alpha value is -1.22. The van der Waals surface area contributed by atoms with Crippen molar-refractivity contribution in [3.05, 3.63) is 0 Å². The topological polar surface area (TPSA) is 112 Å². The number of esters is 2. The van der Waals surface area contributed by atoms with Gasteiger partial charge in [-0.05, 0) is 27.7 Å². The molecule has 0 aromatic heterocycles. The Morgan fingerprint density at radius 1 is 0.750 bits per heavy atom. The highest BCUT2D eigenvalue weighted by molar-refractivity contribution is 5.90. The van der Waals surface area contributed by atoms with Crippen molar-refractivity contribution in [1.29, 1.82) is 0 Å². The van der Waals surface area contributed by atoms with Crippen molar-refractivity contribution in [1.82, 2.24) is 0 Å². The molecule has 8 heteroatoms. The van der Waals surface area contributed by atoms with Gasteiger partial charge in [0.2, 0.25) is 0 Å². The van der Waals surface area contributed by atoms with E-state index in [4.69, 9.17) is 9.47 Å². The summed E-state index contributed by atoms with van der Waals surface area (Å²) in [6.07, 6.45) is 0. The lowest BCUT2D eigenvalue weighted by molar-refractivity contribution is -0.360. The summed E-state index contributed by atoms with van der Waals surface area (Å²) in [5.41, 5.74) is 0. The van der Waals surface area contributed by atoms with Crippen LogP contribution >= 0.6 is 0 Å². The second-order valence-corrected chi connectivity index (χ2v) is 3.60. The molecule has 0 aliphatic heterocycles. The van der Waals surface area contributed by atoms with E-state index in [1.165, 1.54) is 27.7 Å². The summed E-state index contributed by atoms with van der Waals surface area (Å²) in [5.74, 6) is -8.71. The first kappa shape index (κ1) is 18.8. The fourth-order valence-corrected chi connectivity index (χ4v) is 1.47. The Balaban J connectivity index is 5.63. The molecular formula is C12H22O8. The van der Waals surface area contributed by atoms with Crippen LogP contribution in [0, 0.1) is 0 Å². The summed E-state index contributed by atoms with van der Waals surface area (Å²) in [6.45, 7) is 5.39. The number of aliphatic hydroxyl groups is 2. The van der Waals surface area contributed by atoms with Crippen LogP contribution in [-0.4, -0.2) is 60.2 Å². The predicted molar refractivity (Wildman–Crippen MR) is 66.4 cm³/mol. The first-order valence-corrected chi connectivity index (χ1v) is 6.41. The van der Waals surface area contributed by atoms with Crippen LogP contribution in [-0.2, 0) is 28.5 Å². The van der Waals surface area contributed by atoms with Crippen LogP contribution in [0.25, 0.3) is 0 Å². The van der Waals surface area contributed by atoms with Crippen LogP contribution in [0.3, 0.4) is 0 Å². The Labute approximate surface area is 117 Å². The highest BCUT2D eigenvalue weighted by Crippen LogP contribution is 2.29. The van der Waals surface area contributed by atoms with E-state index in [9.17, 15) is 19.8 Å². The minimum atomic E-state index is -3.01. The van der Waals surface area contributed by atoms with E-state index in [-0.39, 0.29) is 26.4 Å². The molecular weight excluding hydrogens is 272 g/mol. The molecule has 0 rings (SSSR count). The summed E-state index contributed by atoms with van der Waals surface area (Å²) in [4.78, 5) is 23.7. The van der Waals surface area contributed by atoms with Crippen molar-refractivity contribution >= 4 is 11.9 Å². The van der Waals surface area contributed by atoms with Crippen molar-refractivity contribution in [3.8, 4) is 0 Å². The molecule has 0 radical (unpaired) electrons. The third kappa shape index (κ3) is 3.66. The van der Waals surface area contributed by atoms with Gasteiger partial charge in [0.25, 0.3) is 0 Å². The molecule has 0 bridgehead atoms. The molecule has 0 amide bonds. The number of ether oxygens (including phenoxy) is 4. The van der Waals surface area contributed by atoms with Crippen LogP contribution in [0.5, 0.6) is 0 Å².